The molecule has 0 aliphatic rings. The molecule has 0 aromatic heterocycles. The van der Waals surface area contributed by atoms with Gasteiger partial charge in [-0.05, 0) is 40.4 Å². The summed E-state index contributed by atoms with van der Waals surface area (Å²) in [7, 11) is 0. The van der Waals surface area contributed by atoms with E-state index in [-0.39, 0.29) is 21.9 Å². The van der Waals surface area contributed by atoms with E-state index < -0.39 is 6.36 Å². The summed E-state index contributed by atoms with van der Waals surface area (Å²) in [6, 6.07) is 1.18. The van der Waals surface area contributed by atoms with E-state index in [1.807, 2.05) is 0 Å². The first-order valence-electron chi connectivity index (χ1n) is 4.91. The van der Waals surface area contributed by atoms with Crippen LogP contribution < -0.4 is 4.74 Å². The van der Waals surface area contributed by atoms with E-state index in [4.69, 9.17) is 0 Å². The first-order valence-corrected chi connectivity index (χ1v) is 5.70. The maximum atomic E-state index is 12.2. The van der Waals surface area contributed by atoms with Crippen molar-refractivity contribution >= 4 is 15.9 Å². The molecule has 0 bridgehead atoms. The fourth-order valence-corrected chi connectivity index (χ4v) is 2.46. The van der Waals surface area contributed by atoms with Gasteiger partial charge in [-0.15, -0.1) is 13.2 Å². The summed E-state index contributed by atoms with van der Waals surface area (Å²) >= 11 is 3.09. The lowest BCUT2D eigenvalue weighted by atomic mass is 10.00. The molecule has 0 aliphatic heterocycles. The number of hydrogen-bond acceptors (Lipinski definition) is 2. The van der Waals surface area contributed by atoms with Crippen molar-refractivity contribution in [1.82, 2.24) is 0 Å². The highest BCUT2D eigenvalue weighted by molar-refractivity contribution is 9.10. The van der Waals surface area contributed by atoms with E-state index in [0.29, 0.717) is 11.1 Å². The summed E-state index contributed by atoms with van der Waals surface area (Å²) in [5.74, 6) is -0.564. The third-order valence-electron chi connectivity index (χ3n) is 2.23. The number of halogens is 4. The number of aryl methyl sites for hydroxylation is 1. The van der Waals surface area contributed by atoms with Crippen LogP contribution in [-0.2, 0) is 0 Å². The summed E-state index contributed by atoms with van der Waals surface area (Å²) in [4.78, 5) is 0. The Morgan fingerprint density at radius 2 is 1.88 bits per heavy atom. The topological polar surface area (TPSA) is 29.5 Å². The summed E-state index contributed by atoms with van der Waals surface area (Å²) in [5, 5.41) is 9.68. The molecule has 0 fully saturated rings. The van der Waals surface area contributed by atoms with E-state index >= 15 is 0 Å². The second kappa shape index (κ2) is 4.76. The Morgan fingerprint density at radius 1 is 1.35 bits per heavy atom. The van der Waals surface area contributed by atoms with Gasteiger partial charge in [0.05, 0.1) is 4.47 Å². The number of hydrogen-bond donors (Lipinski definition) is 1. The molecular formula is C11H12BrF3O2. The van der Waals surface area contributed by atoms with Gasteiger partial charge in [0.1, 0.15) is 11.5 Å². The highest BCUT2D eigenvalue weighted by Gasteiger charge is 2.33. The second-order valence-corrected chi connectivity index (χ2v) is 4.76. The maximum absolute atomic E-state index is 12.2. The number of ether oxygens (including phenoxy) is 1. The Morgan fingerprint density at radius 3 is 2.29 bits per heavy atom. The number of phenolic OH excluding ortho intramolecular Hbond substituents is 1. The molecule has 1 aromatic rings. The van der Waals surface area contributed by atoms with Crippen LogP contribution in [0.25, 0.3) is 0 Å². The van der Waals surface area contributed by atoms with Crippen LogP contribution in [0.15, 0.2) is 10.5 Å². The minimum atomic E-state index is -4.74. The van der Waals surface area contributed by atoms with Crippen molar-refractivity contribution in [2.24, 2.45) is 0 Å². The predicted molar refractivity (Wildman–Crippen MR) is 61.3 cm³/mol. The predicted octanol–water partition coefficient (Wildman–Crippen LogP) is 4.49. The summed E-state index contributed by atoms with van der Waals surface area (Å²) < 4.78 is 41.0. The van der Waals surface area contributed by atoms with E-state index in [1.54, 1.807) is 13.8 Å². The van der Waals surface area contributed by atoms with Gasteiger partial charge in [0.25, 0.3) is 0 Å². The summed E-state index contributed by atoms with van der Waals surface area (Å²) in [6.07, 6.45) is -4.74. The highest BCUT2D eigenvalue weighted by atomic mass is 79.9. The molecule has 0 heterocycles. The zero-order valence-electron chi connectivity index (χ0n) is 9.52. The monoisotopic (exact) mass is 312 g/mol. The van der Waals surface area contributed by atoms with Crippen molar-refractivity contribution in [3.8, 4) is 11.5 Å². The zero-order valence-corrected chi connectivity index (χ0v) is 11.1. The van der Waals surface area contributed by atoms with Crippen molar-refractivity contribution < 1.29 is 23.0 Å². The zero-order chi connectivity index (χ0) is 13.4. The van der Waals surface area contributed by atoms with Crippen molar-refractivity contribution in [2.45, 2.75) is 33.1 Å². The molecule has 0 spiro atoms. The van der Waals surface area contributed by atoms with Gasteiger partial charge in [-0.1, -0.05) is 13.8 Å². The number of benzene rings is 1. The van der Waals surface area contributed by atoms with Crippen LogP contribution in [-0.4, -0.2) is 11.5 Å². The smallest absolute Gasteiger partial charge is 0.506 e. The van der Waals surface area contributed by atoms with Crippen LogP contribution in [0.3, 0.4) is 0 Å². The molecule has 0 amide bonds. The van der Waals surface area contributed by atoms with Crippen LogP contribution in [0.2, 0.25) is 0 Å². The minimum Gasteiger partial charge on any atom is -0.506 e. The molecule has 1 N–H and O–H groups in total. The first kappa shape index (κ1) is 14.2. The Kier molecular flexibility index (Phi) is 3.96. The van der Waals surface area contributed by atoms with Crippen molar-refractivity contribution in [1.29, 1.82) is 0 Å². The van der Waals surface area contributed by atoms with E-state index in [0.717, 1.165) is 0 Å². The average molecular weight is 313 g/mol. The van der Waals surface area contributed by atoms with Gasteiger partial charge < -0.3 is 9.84 Å². The molecule has 0 unspecified atom stereocenters. The molecule has 96 valence electrons. The van der Waals surface area contributed by atoms with Gasteiger partial charge >= 0.3 is 6.36 Å². The van der Waals surface area contributed by atoms with Crippen LogP contribution in [0.1, 0.15) is 30.9 Å². The lowest BCUT2D eigenvalue weighted by Gasteiger charge is -2.19. The Labute approximate surface area is 106 Å². The normalized spacial score (nSPS) is 12.0. The summed E-state index contributed by atoms with van der Waals surface area (Å²) in [6.45, 7) is 4.95. The van der Waals surface area contributed by atoms with Crippen molar-refractivity contribution in [3.63, 3.8) is 0 Å². The Bertz CT molecular complexity index is 428. The minimum absolute atomic E-state index is 0.0665. The largest absolute Gasteiger partial charge is 0.573 e. The highest BCUT2D eigenvalue weighted by Crippen LogP contribution is 2.42. The Balaban J connectivity index is 3.38. The second-order valence-electron chi connectivity index (χ2n) is 3.97. The number of phenols is 1. The SMILES string of the molecule is Cc1cc(OC(F)(F)F)c(C(C)C)c(Br)c1O. The third-order valence-corrected chi connectivity index (χ3v) is 3.04. The number of rotatable bonds is 2. The van der Waals surface area contributed by atoms with Gasteiger partial charge in [0, 0.05) is 5.56 Å². The molecule has 0 radical (unpaired) electrons. The van der Waals surface area contributed by atoms with Crippen molar-refractivity contribution in [3.05, 3.63) is 21.7 Å². The molecule has 0 saturated heterocycles. The van der Waals surface area contributed by atoms with Crippen LogP contribution >= 0.6 is 15.9 Å². The quantitative estimate of drug-likeness (QED) is 0.872. The lowest BCUT2D eigenvalue weighted by molar-refractivity contribution is -0.275. The van der Waals surface area contributed by atoms with Gasteiger partial charge in [-0.25, -0.2) is 0 Å². The maximum Gasteiger partial charge on any atom is 0.573 e. The average Bonchev–Trinajstić information content (AvgIpc) is 2.11. The molecule has 17 heavy (non-hydrogen) atoms. The van der Waals surface area contributed by atoms with Gasteiger partial charge in [0.15, 0.2) is 0 Å². The Hall–Kier alpha value is -0.910. The van der Waals surface area contributed by atoms with E-state index in [2.05, 4.69) is 20.7 Å². The number of alkyl halides is 3. The molecule has 0 aliphatic carbocycles. The summed E-state index contributed by atoms with van der Waals surface area (Å²) in [5.41, 5.74) is 0.617. The molecular weight excluding hydrogens is 301 g/mol. The van der Waals surface area contributed by atoms with E-state index in [1.165, 1.54) is 13.0 Å². The van der Waals surface area contributed by atoms with Crippen LogP contribution in [0, 0.1) is 6.92 Å². The van der Waals surface area contributed by atoms with E-state index in [9.17, 15) is 18.3 Å². The van der Waals surface area contributed by atoms with Crippen molar-refractivity contribution in [2.75, 3.05) is 0 Å². The fraction of sp³-hybridized carbons (Fsp3) is 0.455. The molecule has 2 nitrogen and oxygen atoms in total. The third kappa shape index (κ3) is 3.28. The molecule has 1 aromatic carbocycles. The fourth-order valence-electron chi connectivity index (χ4n) is 1.50. The lowest BCUT2D eigenvalue weighted by Crippen LogP contribution is -2.18. The first-order chi connectivity index (χ1) is 7.63. The number of aromatic hydroxyl groups is 1. The molecule has 0 saturated carbocycles. The molecule has 6 heteroatoms. The van der Waals surface area contributed by atoms with Gasteiger partial charge in [0.2, 0.25) is 0 Å². The standard InChI is InChI=1S/C11H12BrF3O2/c1-5(2)8-7(17-11(13,14)15)4-6(3)10(16)9(8)12/h4-5,16H,1-3H3. The van der Waals surface area contributed by atoms with Crippen LogP contribution in [0.4, 0.5) is 13.2 Å². The molecule has 1 rings (SSSR count). The van der Waals surface area contributed by atoms with Gasteiger partial charge in [-0.2, -0.15) is 0 Å². The molecule has 0 atom stereocenters. The van der Waals surface area contributed by atoms with Crippen LogP contribution in [0.5, 0.6) is 11.5 Å². The van der Waals surface area contributed by atoms with Gasteiger partial charge in [-0.3, -0.25) is 0 Å².